The van der Waals surface area contributed by atoms with Gasteiger partial charge in [-0.3, -0.25) is 24.0 Å². The summed E-state index contributed by atoms with van der Waals surface area (Å²) in [6.45, 7) is 17.9. The topological polar surface area (TPSA) is 193 Å². The molecule has 2 aromatic rings. The van der Waals surface area contributed by atoms with E-state index >= 15 is 0 Å². The fraction of sp³-hybridized carbons (Fsp3) is 0.682. The van der Waals surface area contributed by atoms with Crippen molar-refractivity contribution < 1.29 is 38.2 Å². The predicted molar refractivity (Wildman–Crippen MR) is 229 cm³/mol. The first-order chi connectivity index (χ1) is 27.8. The lowest BCUT2D eigenvalue weighted by atomic mass is 9.84. The normalized spacial score (nSPS) is 18.3. The molecule has 330 valence electrons. The highest BCUT2D eigenvalue weighted by Gasteiger charge is 2.39. The van der Waals surface area contributed by atoms with Crippen LogP contribution in [-0.4, -0.2) is 81.9 Å². The summed E-state index contributed by atoms with van der Waals surface area (Å²) in [5.74, 6) is -2.98. The van der Waals surface area contributed by atoms with Gasteiger partial charge in [-0.1, -0.05) is 73.3 Å². The number of hydrogen-bond donors (Lipinski definition) is 5. The highest BCUT2D eigenvalue weighted by Crippen LogP contribution is 2.32. The average Bonchev–Trinajstić information content (AvgIpc) is 3.67. The Balaban J connectivity index is 1.94. The lowest BCUT2D eigenvalue weighted by Crippen LogP contribution is -2.59. The van der Waals surface area contributed by atoms with E-state index in [0.29, 0.717) is 35.9 Å². The number of nitrogen functional groups attached to an aromatic ring is 1. The zero-order valence-electron chi connectivity index (χ0n) is 36.6. The van der Waals surface area contributed by atoms with Crippen LogP contribution in [0.1, 0.15) is 147 Å². The second-order valence-corrected chi connectivity index (χ2v) is 18.3. The van der Waals surface area contributed by atoms with Crippen LogP contribution in [0.4, 0.5) is 10.1 Å². The maximum Gasteiger partial charge on any atom is 0.309 e. The SMILES string of the molecule is CCCCCCN(C(=O)[C@@H](NC(=O)C1C[C@H](C)CCN1)[C@@H](C)CC)[C@H](C[C@@H](OC(C)=O)c1nc(C(=O)N[C@@H](Cc2ccc(N)c(F)c2)CC(C)(C)C(=O)O)cs1)C(C)C. The van der Waals surface area contributed by atoms with E-state index in [1.54, 1.807) is 25.3 Å². The molecule has 7 atom stereocenters. The standard InChI is InChI=1S/C44H69FN6O7S/c1-10-12-13-14-19-51(42(55)38(28(6)11-2)50-39(53)34-20-27(5)17-18-47-34)36(26(3)4)23-37(58-29(7)52)41-49-35(25-59-41)40(54)48-31(24-44(8,9)43(56)57)21-30-15-16-33(46)32(45)22-30/h15-16,22,25-28,31,34,36-38,47H,10-14,17-21,23-24,46H2,1-9H3,(H,48,54)(H,50,53)(H,56,57)/t27-,28+,31+,34?,36-,37-,38+/m1/s1. The zero-order chi connectivity index (χ0) is 44.0. The van der Waals surface area contributed by atoms with Gasteiger partial charge < -0.3 is 36.4 Å². The molecule has 6 N–H and O–H groups in total. The van der Waals surface area contributed by atoms with Crippen molar-refractivity contribution in [3.05, 3.63) is 45.7 Å². The minimum Gasteiger partial charge on any atom is -0.481 e. The van der Waals surface area contributed by atoms with Gasteiger partial charge in [0.05, 0.1) is 17.1 Å². The van der Waals surface area contributed by atoms with Gasteiger partial charge in [0.15, 0.2) is 6.10 Å². The molecule has 2 heterocycles. The van der Waals surface area contributed by atoms with Gasteiger partial charge in [0.1, 0.15) is 22.6 Å². The van der Waals surface area contributed by atoms with E-state index < -0.39 is 53.3 Å². The van der Waals surface area contributed by atoms with Crippen LogP contribution in [0.25, 0.3) is 0 Å². The van der Waals surface area contributed by atoms with Gasteiger partial charge in [-0.2, -0.15) is 0 Å². The van der Waals surface area contributed by atoms with Crippen LogP contribution in [0.3, 0.4) is 0 Å². The summed E-state index contributed by atoms with van der Waals surface area (Å²) < 4.78 is 20.2. The molecular formula is C44H69FN6O7S. The monoisotopic (exact) mass is 844 g/mol. The lowest BCUT2D eigenvalue weighted by Gasteiger charge is -2.40. The first-order valence-corrected chi connectivity index (χ1v) is 22.2. The van der Waals surface area contributed by atoms with E-state index in [1.165, 1.54) is 19.1 Å². The third-order valence-electron chi connectivity index (χ3n) is 11.5. The molecular weight excluding hydrogens is 776 g/mol. The summed E-state index contributed by atoms with van der Waals surface area (Å²) >= 11 is 1.14. The zero-order valence-corrected chi connectivity index (χ0v) is 37.4. The van der Waals surface area contributed by atoms with Crippen molar-refractivity contribution in [1.82, 2.24) is 25.8 Å². The molecule has 1 aromatic heterocycles. The number of nitrogens with two attached hydrogens (primary N) is 1. The predicted octanol–water partition coefficient (Wildman–Crippen LogP) is 7.05. The van der Waals surface area contributed by atoms with Gasteiger partial charge in [0.25, 0.3) is 5.91 Å². The van der Waals surface area contributed by atoms with Gasteiger partial charge in [-0.05, 0) is 87.9 Å². The number of amides is 3. The maximum atomic E-state index is 14.8. The number of unbranched alkanes of at least 4 members (excludes halogenated alkanes) is 3. The number of ether oxygens (including phenoxy) is 1. The van der Waals surface area contributed by atoms with E-state index in [2.05, 4.69) is 34.8 Å². The number of anilines is 1. The number of halogens is 1. The van der Waals surface area contributed by atoms with Crippen molar-refractivity contribution in [2.45, 2.75) is 157 Å². The molecule has 59 heavy (non-hydrogen) atoms. The Morgan fingerprint density at radius 2 is 1.83 bits per heavy atom. The first-order valence-electron chi connectivity index (χ1n) is 21.3. The third kappa shape index (κ3) is 14.8. The number of nitrogens with one attached hydrogen (secondary N) is 3. The van der Waals surface area contributed by atoms with Crippen LogP contribution in [0.5, 0.6) is 0 Å². The fourth-order valence-electron chi connectivity index (χ4n) is 7.61. The van der Waals surface area contributed by atoms with Crippen LogP contribution >= 0.6 is 11.3 Å². The summed E-state index contributed by atoms with van der Waals surface area (Å²) in [4.78, 5) is 73.4. The highest BCUT2D eigenvalue weighted by molar-refractivity contribution is 7.09. The molecule has 0 radical (unpaired) electrons. The van der Waals surface area contributed by atoms with Crippen molar-refractivity contribution in [3.63, 3.8) is 0 Å². The van der Waals surface area contributed by atoms with Crippen LogP contribution in [-0.2, 0) is 30.3 Å². The molecule has 0 saturated carbocycles. The number of nitrogens with zero attached hydrogens (tertiary/aromatic N) is 2. The Morgan fingerprint density at radius 1 is 1.12 bits per heavy atom. The van der Waals surface area contributed by atoms with E-state index in [0.717, 1.165) is 50.0 Å². The number of carboxylic acids is 1. The van der Waals surface area contributed by atoms with Crippen molar-refractivity contribution in [1.29, 1.82) is 0 Å². The Labute approximate surface area is 354 Å². The molecule has 0 spiro atoms. The maximum absolute atomic E-state index is 14.8. The number of rotatable bonds is 23. The molecule has 1 aromatic carbocycles. The summed E-state index contributed by atoms with van der Waals surface area (Å²) in [7, 11) is 0. The fourth-order valence-corrected chi connectivity index (χ4v) is 8.45. The molecule has 3 amide bonds. The summed E-state index contributed by atoms with van der Waals surface area (Å²) in [6, 6.07) is 2.06. The molecule has 1 aliphatic rings. The van der Waals surface area contributed by atoms with E-state index in [9.17, 15) is 33.5 Å². The Kier molecular flexibility index (Phi) is 19.2. The summed E-state index contributed by atoms with van der Waals surface area (Å²) in [5.41, 5.74) is 5.00. The van der Waals surface area contributed by atoms with Gasteiger partial charge in [0, 0.05) is 37.4 Å². The molecule has 1 unspecified atom stereocenters. The first kappa shape index (κ1) is 49.3. The minimum atomic E-state index is -1.22. The minimum absolute atomic E-state index is 0.0229. The number of esters is 1. The van der Waals surface area contributed by atoms with Gasteiger partial charge in [-0.25, -0.2) is 9.37 Å². The van der Waals surface area contributed by atoms with Gasteiger partial charge in [0.2, 0.25) is 11.8 Å². The third-order valence-corrected chi connectivity index (χ3v) is 12.4. The molecule has 1 fully saturated rings. The number of thiazole rings is 1. The number of aliphatic carboxylic acids is 1. The van der Waals surface area contributed by atoms with E-state index in [4.69, 9.17) is 10.5 Å². The number of hydrogen-bond acceptors (Lipinski definition) is 10. The molecule has 1 saturated heterocycles. The van der Waals surface area contributed by atoms with Gasteiger partial charge >= 0.3 is 11.9 Å². The number of aromatic nitrogens is 1. The summed E-state index contributed by atoms with van der Waals surface area (Å²) in [5, 5.41) is 21.1. The smallest absolute Gasteiger partial charge is 0.309 e. The highest BCUT2D eigenvalue weighted by atomic mass is 32.1. The number of benzene rings is 1. The summed E-state index contributed by atoms with van der Waals surface area (Å²) in [6.07, 6.45) is 5.55. The van der Waals surface area contributed by atoms with Crippen LogP contribution < -0.4 is 21.7 Å². The lowest BCUT2D eigenvalue weighted by molar-refractivity contribution is -0.150. The second-order valence-electron chi connectivity index (χ2n) is 17.4. The quantitative estimate of drug-likeness (QED) is 0.0440. The number of carbonyl (C=O) groups excluding carboxylic acids is 4. The van der Waals surface area contributed by atoms with Crippen molar-refractivity contribution in [2.24, 2.45) is 23.2 Å². The van der Waals surface area contributed by atoms with Crippen LogP contribution in [0.2, 0.25) is 0 Å². The van der Waals surface area contributed by atoms with Crippen molar-refractivity contribution >= 4 is 46.7 Å². The Bertz CT molecular complexity index is 1720. The Morgan fingerprint density at radius 3 is 2.42 bits per heavy atom. The molecule has 1 aliphatic heterocycles. The number of carbonyl (C=O) groups is 5. The molecule has 0 bridgehead atoms. The average molecular weight is 845 g/mol. The largest absolute Gasteiger partial charge is 0.481 e. The molecule has 3 rings (SSSR count). The van der Waals surface area contributed by atoms with E-state index in [1.807, 2.05) is 32.6 Å². The van der Waals surface area contributed by atoms with Gasteiger partial charge in [-0.15, -0.1) is 11.3 Å². The second kappa shape index (κ2) is 23.0. The van der Waals surface area contributed by atoms with Crippen molar-refractivity contribution in [2.75, 3.05) is 18.8 Å². The van der Waals surface area contributed by atoms with Crippen LogP contribution in [0.15, 0.2) is 23.6 Å². The molecule has 0 aliphatic carbocycles. The van der Waals surface area contributed by atoms with Crippen LogP contribution in [0, 0.1) is 29.0 Å². The number of carboxylic acid groups (broad SMARTS) is 1. The van der Waals surface area contributed by atoms with Crippen molar-refractivity contribution in [3.8, 4) is 0 Å². The number of piperidine rings is 1. The van der Waals surface area contributed by atoms with E-state index in [-0.39, 0.29) is 60.3 Å². The molecule has 15 heteroatoms. The molecule has 13 nitrogen and oxygen atoms in total. The Hall–Kier alpha value is -4.11.